The molecule has 0 aromatic heterocycles. The van der Waals surface area contributed by atoms with E-state index in [2.05, 4.69) is 5.32 Å². The Bertz CT molecular complexity index is 1130. The highest BCUT2D eigenvalue weighted by Gasteiger charge is 2.21. The van der Waals surface area contributed by atoms with Gasteiger partial charge in [-0.25, -0.2) is 8.42 Å². The second-order valence-corrected chi connectivity index (χ2v) is 9.38. The third kappa shape index (κ3) is 5.99. The number of ether oxygens (including phenoxy) is 1. The first-order chi connectivity index (χ1) is 14.8. The van der Waals surface area contributed by atoms with Crippen LogP contribution in [0.1, 0.15) is 11.1 Å². The third-order valence-electron chi connectivity index (χ3n) is 4.65. The van der Waals surface area contributed by atoms with Gasteiger partial charge in [-0.1, -0.05) is 41.4 Å². The Morgan fingerprint density at radius 2 is 1.58 bits per heavy atom. The van der Waals surface area contributed by atoms with Gasteiger partial charge in [-0.2, -0.15) is 0 Å². The number of rotatable bonds is 8. The zero-order valence-corrected chi connectivity index (χ0v) is 18.8. The van der Waals surface area contributed by atoms with Crippen LogP contribution in [-0.4, -0.2) is 28.0 Å². The second kappa shape index (κ2) is 9.85. The lowest BCUT2D eigenvalue weighted by Gasteiger charge is -2.20. The van der Waals surface area contributed by atoms with Crippen molar-refractivity contribution in [2.45, 2.75) is 18.4 Å². The van der Waals surface area contributed by atoms with Crippen molar-refractivity contribution in [2.24, 2.45) is 0 Å². The summed E-state index contributed by atoms with van der Waals surface area (Å²) in [6.07, 6.45) is 0. The molecule has 0 fully saturated rings. The Labute approximate surface area is 187 Å². The third-order valence-corrected chi connectivity index (χ3v) is 6.70. The van der Waals surface area contributed by atoms with Gasteiger partial charge < -0.3 is 10.1 Å². The number of halogens is 1. The molecule has 1 amide bonds. The Balaban J connectivity index is 1.55. The number of hydrogen-bond donors (Lipinski definition) is 1. The van der Waals surface area contributed by atoms with Crippen molar-refractivity contribution in [1.82, 2.24) is 5.32 Å². The van der Waals surface area contributed by atoms with Crippen molar-refractivity contribution >= 4 is 33.2 Å². The van der Waals surface area contributed by atoms with Crippen molar-refractivity contribution < 1.29 is 17.9 Å². The first kappa shape index (κ1) is 22.7. The van der Waals surface area contributed by atoms with Crippen LogP contribution < -0.4 is 14.4 Å². The molecule has 0 heterocycles. The molecule has 31 heavy (non-hydrogen) atoms. The highest BCUT2D eigenvalue weighted by atomic mass is 35.5. The Morgan fingerprint density at radius 1 is 0.968 bits per heavy atom. The van der Waals surface area contributed by atoms with Crippen LogP contribution in [0.15, 0.2) is 77.7 Å². The van der Waals surface area contributed by atoms with E-state index in [1.54, 1.807) is 24.3 Å². The standard InChI is InChI=1S/C23H23ClN2O4S/c1-17-3-5-18(6-4-17)15-25-23(27)16-30-21-11-9-20(10-12-21)26(2)31(28,29)22-13-7-19(24)8-14-22/h3-14H,15-16H2,1-2H3,(H,25,27). The summed E-state index contributed by atoms with van der Waals surface area (Å²) in [4.78, 5) is 12.2. The molecule has 162 valence electrons. The van der Waals surface area contributed by atoms with Crippen LogP contribution in [0.5, 0.6) is 5.75 Å². The van der Waals surface area contributed by atoms with Crippen LogP contribution in [0.4, 0.5) is 5.69 Å². The number of nitrogens with zero attached hydrogens (tertiary/aromatic N) is 1. The Kier molecular flexibility index (Phi) is 7.20. The summed E-state index contributed by atoms with van der Waals surface area (Å²) < 4.78 is 32.2. The van der Waals surface area contributed by atoms with E-state index in [4.69, 9.17) is 16.3 Å². The quantitative estimate of drug-likeness (QED) is 0.549. The molecule has 0 aliphatic carbocycles. The van der Waals surface area contributed by atoms with Crippen LogP contribution in [0, 0.1) is 6.92 Å². The zero-order valence-electron chi connectivity index (χ0n) is 17.2. The first-order valence-electron chi connectivity index (χ1n) is 9.55. The molecule has 1 N–H and O–H groups in total. The molecule has 6 nitrogen and oxygen atoms in total. The van der Waals surface area contributed by atoms with Gasteiger partial charge in [-0.05, 0) is 61.0 Å². The SMILES string of the molecule is Cc1ccc(CNC(=O)COc2ccc(N(C)S(=O)(=O)c3ccc(Cl)cc3)cc2)cc1. The van der Waals surface area contributed by atoms with Crippen LogP contribution in [0.2, 0.25) is 5.02 Å². The molecule has 0 radical (unpaired) electrons. The van der Waals surface area contributed by atoms with Crippen LogP contribution in [0.25, 0.3) is 0 Å². The molecule has 3 rings (SSSR count). The van der Waals surface area contributed by atoms with E-state index in [-0.39, 0.29) is 17.4 Å². The minimum absolute atomic E-state index is 0.135. The summed E-state index contributed by atoms with van der Waals surface area (Å²) in [6, 6.07) is 20.4. The van der Waals surface area contributed by atoms with Crippen LogP contribution in [0.3, 0.4) is 0 Å². The van der Waals surface area contributed by atoms with Crippen molar-refractivity contribution in [3.05, 3.63) is 88.9 Å². The lowest BCUT2D eigenvalue weighted by atomic mass is 10.1. The average Bonchev–Trinajstić information content (AvgIpc) is 2.77. The van der Waals surface area contributed by atoms with E-state index in [0.717, 1.165) is 11.1 Å². The van der Waals surface area contributed by atoms with Crippen molar-refractivity contribution in [2.75, 3.05) is 18.0 Å². The van der Waals surface area contributed by atoms with Crippen LogP contribution in [-0.2, 0) is 21.4 Å². The maximum absolute atomic E-state index is 12.8. The van der Waals surface area contributed by atoms with Gasteiger partial charge in [0.2, 0.25) is 0 Å². The van der Waals surface area contributed by atoms with Gasteiger partial charge in [-0.3, -0.25) is 9.10 Å². The molecule has 0 atom stereocenters. The monoisotopic (exact) mass is 458 g/mol. The smallest absolute Gasteiger partial charge is 0.264 e. The van der Waals surface area contributed by atoms with Crippen LogP contribution >= 0.6 is 11.6 Å². The average molecular weight is 459 g/mol. The normalized spacial score (nSPS) is 11.1. The fourth-order valence-electron chi connectivity index (χ4n) is 2.76. The number of amides is 1. The summed E-state index contributed by atoms with van der Waals surface area (Å²) in [7, 11) is -2.24. The van der Waals surface area contributed by atoms with E-state index in [9.17, 15) is 13.2 Å². The predicted octanol–water partition coefficient (Wildman–Crippen LogP) is 4.17. The van der Waals surface area contributed by atoms with Gasteiger partial charge in [0.1, 0.15) is 5.75 Å². The molecular weight excluding hydrogens is 436 g/mol. The molecule has 0 unspecified atom stereocenters. The lowest BCUT2D eigenvalue weighted by Crippen LogP contribution is -2.28. The summed E-state index contributed by atoms with van der Waals surface area (Å²) in [6.45, 7) is 2.30. The first-order valence-corrected chi connectivity index (χ1v) is 11.4. The van der Waals surface area contributed by atoms with E-state index in [1.165, 1.54) is 35.6 Å². The zero-order chi connectivity index (χ0) is 22.4. The van der Waals surface area contributed by atoms with E-state index < -0.39 is 10.0 Å². The minimum atomic E-state index is -3.71. The number of sulfonamides is 1. The maximum atomic E-state index is 12.8. The molecule has 3 aromatic carbocycles. The molecule has 0 spiro atoms. The number of nitrogens with one attached hydrogen (secondary N) is 1. The molecule has 8 heteroatoms. The number of benzene rings is 3. The number of hydrogen-bond acceptors (Lipinski definition) is 4. The summed E-state index contributed by atoms with van der Waals surface area (Å²) in [5.41, 5.74) is 2.63. The largest absolute Gasteiger partial charge is 0.484 e. The topological polar surface area (TPSA) is 75.7 Å². The van der Waals surface area contributed by atoms with E-state index in [0.29, 0.717) is 23.0 Å². The number of carbonyl (C=O) groups excluding carboxylic acids is 1. The molecule has 0 saturated carbocycles. The summed E-state index contributed by atoms with van der Waals surface area (Å²) >= 11 is 5.83. The van der Waals surface area contributed by atoms with Gasteiger partial charge >= 0.3 is 0 Å². The minimum Gasteiger partial charge on any atom is -0.484 e. The molecule has 3 aromatic rings. The highest BCUT2D eigenvalue weighted by molar-refractivity contribution is 7.92. The van der Waals surface area contributed by atoms with E-state index in [1.807, 2.05) is 31.2 Å². The lowest BCUT2D eigenvalue weighted by molar-refractivity contribution is -0.123. The van der Waals surface area contributed by atoms with Gasteiger partial charge in [0.05, 0.1) is 10.6 Å². The van der Waals surface area contributed by atoms with Crippen molar-refractivity contribution in [3.63, 3.8) is 0 Å². The van der Waals surface area contributed by atoms with Gasteiger partial charge in [0, 0.05) is 18.6 Å². The predicted molar refractivity (Wildman–Crippen MR) is 122 cm³/mol. The molecule has 0 saturated heterocycles. The van der Waals surface area contributed by atoms with Crippen molar-refractivity contribution in [1.29, 1.82) is 0 Å². The molecule has 0 aliphatic heterocycles. The second-order valence-electron chi connectivity index (χ2n) is 6.97. The van der Waals surface area contributed by atoms with Gasteiger partial charge in [-0.15, -0.1) is 0 Å². The molecule has 0 aliphatic rings. The number of carbonyl (C=O) groups is 1. The van der Waals surface area contributed by atoms with Gasteiger partial charge in [0.25, 0.3) is 15.9 Å². The Morgan fingerprint density at radius 3 is 2.19 bits per heavy atom. The van der Waals surface area contributed by atoms with Gasteiger partial charge in [0.15, 0.2) is 6.61 Å². The maximum Gasteiger partial charge on any atom is 0.264 e. The molecular formula is C23H23ClN2O4S. The number of aryl methyl sites for hydroxylation is 1. The summed E-state index contributed by atoms with van der Waals surface area (Å²) in [5.74, 6) is 0.221. The van der Waals surface area contributed by atoms with E-state index >= 15 is 0 Å². The number of anilines is 1. The Hall–Kier alpha value is -3.03. The fourth-order valence-corrected chi connectivity index (χ4v) is 4.08. The molecule has 0 bridgehead atoms. The summed E-state index contributed by atoms with van der Waals surface area (Å²) in [5, 5.41) is 3.26. The van der Waals surface area contributed by atoms with Crippen molar-refractivity contribution in [3.8, 4) is 5.75 Å². The fraction of sp³-hybridized carbons (Fsp3) is 0.174. The highest BCUT2D eigenvalue weighted by Crippen LogP contribution is 2.25.